The maximum absolute atomic E-state index is 5.26. The number of H-pyrrole nitrogens is 1. The average molecular weight is 327 g/mol. The topological polar surface area (TPSA) is 50.8 Å². The van der Waals surface area contributed by atoms with Crippen LogP contribution in [-0.2, 0) is 0 Å². The van der Waals surface area contributed by atoms with Gasteiger partial charge in [-0.1, -0.05) is 30.3 Å². The third kappa shape index (κ3) is 3.02. The highest BCUT2D eigenvalue weighted by molar-refractivity contribution is 5.81. The monoisotopic (exact) mass is 327 g/mol. The minimum atomic E-state index is 0.827. The summed E-state index contributed by atoms with van der Waals surface area (Å²) in [6.45, 7) is 0. The number of hydrogen-bond acceptors (Lipinski definition) is 3. The van der Waals surface area contributed by atoms with Crippen LogP contribution < -0.4 is 4.74 Å². The van der Waals surface area contributed by atoms with E-state index in [9.17, 15) is 0 Å². The van der Waals surface area contributed by atoms with Crippen molar-refractivity contribution in [1.29, 1.82) is 0 Å². The second-order valence-electron chi connectivity index (χ2n) is 5.64. The number of benzene rings is 2. The highest BCUT2D eigenvalue weighted by Gasteiger charge is 2.15. The quantitative estimate of drug-likeness (QED) is 0.585. The molecule has 0 radical (unpaired) electrons. The SMILES string of the molecule is COc1ccc(-c2nc(-c3ccccc3)[nH]c2-c2ccncc2)cc1. The highest BCUT2D eigenvalue weighted by Crippen LogP contribution is 2.33. The van der Waals surface area contributed by atoms with E-state index in [0.717, 1.165) is 39.7 Å². The van der Waals surface area contributed by atoms with Crippen molar-refractivity contribution in [3.05, 3.63) is 79.1 Å². The summed E-state index contributed by atoms with van der Waals surface area (Å²) in [6.07, 6.45) is 3.58. The van der Waals surface area contributed by atoms with Crippen LogP contribution in [-0.4, -0.2) is 22.1 Å². The molecule has 2 aromatic carbocycles. The largest absolute Gasteiger partial charge is 0.497 e. The molecule has 25 heavy (non-hydrogen) atoms. The fourth-order valence-electron chi connectivity index (χ4n) is 2.79. The van der Waals surface area contributed by atoms with Crippen LogP contribution in [0.3, 0.4) is 0 Å². The molecule has 4 rings (SSSR count). The van der Waals surface area contributed by atoms with Gasteiger partial charge in [0.25, 0.3) is 0 Å². The summed E-state index contributed by atoms with van der Waals surface area (Å²) >= 11 is 0. The van der Waals surface area contributed by atoms with Gasteiger partial charge in [-0.25, -0.2) is 4.98 Å². The normalized spacial score (nSPS) is 10.6. The first-order chi connectivity index (χ1) is 12.3. The first-order valence-electron chi connectivity index (χ1n) is 8.05. The van der Waals surface area contributed by atoms with Crippen molar-refractivity contribution in [3.63, 3.8) is 0 Å². The number of imidazole rings is 1. The number of pyridine rings is 1. The molecule has 122 valence electrons. The molecule has 0 aliphatic rings. The molecule has 2 heterocycles. The molecular formula is C21H17N3O. The number of aromatic amines is 1. The fraction of sp³-hybridized carbons (Fsp3) is 0.0476. The van der Waals surface area contributed by atoms with E-state index in [4.69, 9.17) is 9.72 Å². The van der Waals surface area contributed by atoms with E-state index in [1.54, 1.807) is 19.5 Å². The molecule has 4 heteroatoms. The highest BCUT2D eigenvalue weighted by atomic mass is 16.5. The minimum Gasteiger partial charge on any atom is -0.497 e. The van der Waals surface area contributed by atoms with Gasteiger partial charge in [0.1, 0.15) is 11.6 Å². The maximum Gasteiger partial charge on any atom is 0.138 e. The Morgan fingerprint density at radius 3 is 2.16 bits per heavy atom. The van der Waals surface area contributed by atoms with Crippen LogP contribution in [0, 0.1) is 0 Å². The smallest absolute Gasteiger partial charge is 0.138 e. The van der Waals surface area contributed by atoms with Crippen LogP contribution >= 0.6 is 0 Å². The predicted octanol–water partition coefficient (Wildman–Crippen LogP) is 4.81. The van der Waals surface area contributed by atoms with Gasteiger partial charge < -0.3 is 9.72 Å². The molecule has 0 amide bonds. The summed E-state index contributed by atoms with van der Waals surface area (Å²) in [4.78, 5) is 12.4. The molecule has 0 fully saturated rings. The van der Waals surface area contributed by atoms with Crippen molar-refractivity contribution >= 4 is 0 Å². The molecule has 4 aromatic rings. The lowest BCUT2D eigenvalue weighted by Gasteiger charge is -2.04. The first-order valence-corrected chi connectivity index (χ1v) is 8.05. The molecule has 0 spiro atoms. The summed E-state index contributed by atoms with van der Waals surface area (Å²) < 4.78 is 5.26. The van der Waals surface area contributed by atoms with Gasteiger partial charge in [-0.05, 0) is 36.4 Å². The third-order valence-electron chi connectivity index (χ3n) is 4.08. The van der Waals surface area contributed by atoms with Crippen LogP contribution in [0.25, 0.3) is 33.9 Å². The summed E-state index contributed by atoms with van der Waals surface area (Å²) in [5.41, 5.74) is 5.03. The molecule has 0 aliphatic heterocycles. The Bertz CT molecular complexity index is 961. The van der Waals surface area contributed by atoms with Gasteiger partial charge in [-0.2, -0.15) is 0 Å². The lowest BCUT2D eigenvalue weighted by atomic mass is 10.1. The molecule has 2 aromatic heterocycles. The second-order valence-corrected chi connectivity index (χ2v) is 5.64. The van der Waals surface area contributed by atoms with Gasteiger partial charge in [0.15, 0.2) is 0 Å². The summed E-state index contributed by atoms with van der Waals surface area (Å²) in [5, 5.41) is 0. The Balaban J connectivity index is 1.87. The van der Waals surface area contributed by atoms with Crippen molar-refractivity contribution in [2.45, 2.75) is 0 Å². The van der Waals surface area contributed by atoms with Crippen molar-refractivity contribution in [2.24, 2.45) is 0 Å². The van der Waals surface area contributed by atoms with Gasteiger partial charge >= 0.3 is 0 Å². The zero-order valence-corrected chi connectivity index (χ0v) is 13.8. The zero-order chi connectivity index (χ0) is 17.1. The van der Waals surface area contributed by atoms with Crippen molar-refractivity contribution < 1.29 is 4.74 Å². The van der Waals surface area contributed by atoms with E-state index >= 15 is 0 Å². The van der Waals surface area contributed by atoms with Crippen LogP contribution in [0.4, 0.5) is 0 Å². The number of methoxy groups -OCH3 is 1. The summed E-state index contributed by atoms with van der Waals surface area (Å²) in [5.74, 6) is 1.67. The molecule has 0 aliphatic carbocycles. The van der Waals surface area contributed by atoms with E-state index in [1.807, 2.05) is 66.7 Å². The van der Waals surface area contributed by atoms with Gasteiger partial charge in [0, 0.05) is 29.1 Å². The van der Waals surface area contributed by atoms with Crippen LogP contribution in [0.15, 0.2) is 79.1 Å². The molecule has 0 atom stereocenters. The average Bonchev–Trinajstić information content (AvgIpc) is 3.15. The summed E-state index contributed by atoms with van der Waals surface area (Å²) in [6, 6.07) is 22.0. The Morgan fingerprint density at radius 1 is 0.760 bits per heavy atom. The standard InChI is InChI=1S/C21H17N3O/c1-25-18-9-7-15(8-10-18)19-20(16-11-13-22-14-12-16)24-21(23-19)17-5-3-2-4-6-17/h2-14H,1H3,(H,23,24). The number of nitrogens with zero attached hydrogens (tertiary/aromatic N) is 2. The lowest BCUT2D eigenvalue weighted by Crippen LogP contribution is -1.86. The molecule has 0 saturated heterocycles. The molecule has 0 saturated carbocycles. The molecule has 0 bridgehead atoms. The van der Waals surface area contributed by atoms with Gasteiger partial charge in [-0.3, -0.25) is 4.98 Å². The van der Waals surface area contributed by atoms with Crippen LogP contribution in [0.2, 0.25) is 0 Å². The van der Waals surface area contributed by atoms with E-state index in [2.05, 4.69) is 9.97 Å². The summed E-state index contributed by atoms with van der Waals surface area (Å²) in [7, 11) is 1.67. The lowest BCUT2D eigenvalue weighted by molar-refractivity contribution is 0.415. The van der Waals surface area contributed by atoms with E-state index in [1.165, 1.54) is 0 Å². The van der Waals surface area contributed by atoms with Crippen molar-refractivity contribution in [3.8, 4) is 39.7 Å². The van der Waals surface area contributed by atoms with Crippen LogP contribution in [0.5, 0.6) is 5.75 Å². The third-order valence-corrected chi connectivity index (χ3v) is 4.08. The Kier molecular flexibility index (Phi) is 4.01. The molecular weight excluding hydrogens is 310 g/mol. The molecule has 4 nitrogen and oxygen atoms in total. The second kappa shape index (κ2) is 6.61. The van der Waals surface area contributed by atoms with E-state index in [-0.39, 0.29) is 0 Å². The number of aromatic nitrogens is 3. The number of hydrogen-bond donors (Lipinski definition) is 1. The fourth-order valence-corrected chi connectivity index (χ4v) is 2.79. The first kappa shape index (κ1) is 15.1. The zero-order valence-electron chi connectivity index (χ0n) is 13.8. The molecule has 0 unspecified atom stereocenters. The maximum atomic E-state index is 5.26. The Hall–Kier alpha value is -3.40. The van der Waals surface area contributed by atoms with E-state index in [0.29, 0.717) is 0 Å². The van der Waals surface area contributed by atoms with Gasteiger partial charge in [-0.15, -0.1) is 0 Å². The van der Waals surface area contributed by atoms with E-state index < -0.39 is 0 Å². The van der Waals surface area contributed by atoms with Gasteiger partial charge in [0.05, 0.1) is 18.5 Å². The van der Waals surface area contributed by atoms with Crippen molar-refractivity contribution in [2.75, 3.05) is 7.11 Å². The van der Waals surface area contributed by atoms with Crippen LogP contribution in [0.1, 0.15) is 0 Å². The Morgan fingerprint density at radius 2 is 1.48 bits per heavy atom. The molecule has 1 N–H and O–H groups in total. The number of nitrogens with one attached hydrogen (secondary N) is 1. The van der Waals surface area contributed by atoms with Crippen molar-refractivity contribution in [1.82, 2.24) is 15.0 Å². The number of ether oxygens (including phenoxy) is 1. The van der Waals surface area contributed by atoms with Gasteiger partial charge in [0.2, 0.25) is 0 Å². The Labute approximate surface area is 146 Å². The number of rotatable bonds is 4. The predicted molar refractivity (Wildman–Crippen MR) is 99.2 cm³/mol. The minimum absolute atomic E-state index is 0.827.